The highest BCUT2D eigenvalue weighted by Gasteiger charge is 2.08. The second kappa shape index (κ2) is 7.36. The van der Waals surface area contributed by atoms with Crippen LogP contribution in [0.25, 0.3) is 5.57 Å². The molecule has 2 aromatic carbocycles. The van der Waals surface area contributed by atoms with E-state index in [0.717, 1.165) is 11.1 Å². The number of hydrogen-bond acceptors (Lipinski definition) is 3. The normalized spacial score (nSPS) is 11.1. The number of rotatable bonds is 5. The molecule has 0 spiro atoms. The van der Waals surface area contributed by atoms with E-state index in [1.54, 1.807) is 24.3 Å². The Hall–Kier alpha value is -2.68. The van der Waals surface area contributed by atoms with Crippen molar-refractivity contribution in [3.8, 4) is 0 Å². The number of methoxy groups -OCH3 is 1. The highest BCUT2D eigenvalue weighted by atomic mass is 16.5. The molecule has 22 heavy (non-hydrogen) atoms. The number of carbonyl (C=O) groups is 2. The molecule has 0 atom stereocenters. The lowest BCUT2D eigenvalue weighted by Crippen LogP contribution is -2.03. The van der Waals surface area contributed by atoms with Gasteiger partial charge in [0.2, 0.25) is 0 Å². The van der Waals surface area contributed by atoms with Crippen molar-refractivity contribution >= 4 is 17.3 Å². The van der Waals surface area contributed by atoms with E-state index in [2.05, 4.69) is 4.74 Å². The summed E-state index contributed by atoms with van der Waals surface area (Å²) in [6.07, 6.45) is 2.25. The van der Waals surface area contributed by atoms with E-state index in [0.29, 0.717) is 17.5 Å². The SMILES string of the molecule is COC(=O)c1ccc(C(=O)CC=C(C)c2ccccc2)cc1. The average molecular weight is 294 g/mol. The Morgan fingerprint density at radius 3 is 2.09 bits per heavy atom. The van der Waals surface area contributed by atoms with E-state index >= 15 is 0 Å². The van der Waals surface area contributed by atoms with Crippen molar-refractivity contribution in [3.63, 3.8) is 0 Å². The van der Waals surface area contributed by atoms with Gasteiger partial charge in [0.1, 0.15) is 0 Å². The smallest absolute Gasteiger partial charge is 0.337 e. The summed E-state index contributed by atoms with van der Waals surface area (Å²) < 4.78 is 4.63. The summed E-state index contributed by atoms with van der Waals surface area (Å²) in [6.45, 7) is 1.99. The first-order chi connectivity index (χ1) is 10.6. The zero-order valence-electron chi connectivity index (χ0n) is 12.7. The molecule has 0 aliphatic carbocycles. The summed E-state index contributed by atoms with van der Waals surface area (Å²) >= 11 is 0. The second-order valence-corrected chi connectivity index (χ2v) is 4.95. The van der Waals surface area contributed by atoms with Crippen LogP contribution in [0.15, 0.2) is 60.7 Å². The van der Waals surface area contributed by atoms with Crippen LogP contribution in [0.3, 0.4) is 0 Å². The van der Waals surface area contributed by atoms with Gasteiger partial charge in [-0.15, -0.1) is 0 Å². The van der Waals surface area contributed by atoms with Gasteiger partial charge in [0.05, 0.1) is 12.7 Å². The van der Waals surface area contributed by atoms with Crippen LogP contribution in [0.2, 0.25) is 0 Å². The molecular formula is C19H18O3. The highest BCUT2D eigenvalue weighted by Crippen LogP contribution is 2.15. The Kier molecular flexibility index (Phi) is 5.26. The van der Waals surface area contributed by atoms with E-state index in [1.165, 1.54) is 7.11 Å². The Morgan fingerprint density at radius 1 is 0.909 bits per heavy atom. The second-order valence-electron chi connectivity index (χ2n) is 4.95. The first kappa shape index (κ1) is 15.7. The number of esters is 1. The van der Waals surface area contributed by atoms with Crippen LogP contribution in [-0.4, -0.2) is 18.9 Å². The summed E-state index contributed by atoms with van der Waals surface area (Å²) in [4.78, 5) is 23.5. The maximum Gasteiger partial charge on any atom is 0.337 e. The lowest BCUT2D eigenvalue weighted by Gasteiger charge is -2.03. The number of ketones is 1. The molecule has 0 saturated heterocycles. The molecule has 0 unspecified atom stereocenters. The lowest BCUT2D eigenvalue weighted by molar-refractivity contribution is 0.0600. The number of hydrogen-bond donors (Lipinski definition) is 0. The Labute approximate surface area is 130 Å². The molecule has 112 valence electrons. The Morgan fingerprint density at radius 2 is 1.50 bits per heavy atom. The Bertz CT molecular complexity index is 682. The predicted molar refractivity (Wildman–Crippen MR) is 86.8 cm³/mol. The van der Waals surface area contributed by atoms with Crippen molar-refractivity contribution in [1.82, 2.24) is 0 Å². The summed E-state index contributed by atoms with van der Waals surface area (Å²) in [7, 11) is 1.33. The van der Waals surface area contributed by atoms with Gasteiger partial charge >= 0.3 is 5.97 Å². The summed E-state index contributed by atoms with van der Waals surface area (Å²) in [6, 6.07) is 16.5. The average Bonchev–Trinajstić information content (AvgIpc) is 2.59. The fourth-order valence-corrected chi connectivity index (χ4v) is 2.09. The van der Waals surface area contributed by atoms with Crippen molar-refractivity contribution < 1.29 is 14.3 Å². The van der Waals surface area contributed by atoms with Crippen LogP contribution >= 0.6 is 0 Å². The third-order valence-corrected chi connectivity index (χ3v) is 3.45. The van der Waals surface area contributed by atoms with Crippen LogP contribution in [0, 0.1) is 0 Å². The number of Topliss-reactive ketones (excluding diaryl/α,β-unsaturated/α-hetero) is 1. The number of allylic oxidation sites excluding steroid dienone is 2. The Balaban J connectivity index is 2.05. The molecule has 0 aliphatic rings. The van der Waals surface area contributed by atoms with Gasteiger partial charge in [-0.1, -0.05) is 48.5 Å². The lowest BCUT2D eigenvalue weighted by atomic mass is 10.0. The molecule has 2 aromatic rings. The molecule has 0 aliphatic heterocycles. The topological polar surface area (TPSA) is 43.4 Å². The van der Waals surface area contributed by atoms with Crippen LogP contribution in [0.1, 0.15) is 39.6 Å². The number of carbonyl (C=O) groups excluding carboxylic acids is 2. The van der Waals surface area contributed by atoms with E-state index in [9.17, 15) is 9.59 Å². The first-order valence-electron chi connectivity index (χ1n) is 7.05. The molecule has 0 saturated carbocycles. The van der Waals surface area contributed by atoms with Crippen LogP contribution in [0.4, 0.5) is 0 Å². The van der Waals surface area contributed by atoms with Crippen molar-refractivity contribution in [2.75, 3.05) is 7.11 Å². The maximum absolute atomic E-state index is 12.2. The minimum Gasteiger partial charge on any atom is -0.465 e. The zero-order valence-corrected chi connectivity index (χ0v) is 12.7. The molecular weight excluding hydrogens is 276 g/mol. The zero-order chi connectivity index (χ0) is 15.9. The van der Waals surface area contributed by atoms with Gasteiger partial charge in [-0.2, -0.15) is 0 Å². The van der Waals surface area contributed by atoms with Gasteiger partial charge in [0, 0.05) is 12.0 Å². The van der Waals surface area contributed by atoms with Crippen LogP contribution in [0.5, 0.6) is 0 Å². The van der Waals surface area contributed by atoms with E-state index < -0.39 is 5.97 Å². The van der Waals surface area contributed by atoms with E-state index in [1.807, 2.05) is 43.3 Å². The van der Waals surface area contributed by atoms with Crippen molar-refractivity contribution in [3.05, 3.63) is 77.4 Å². The number of ether oxygens (including phenoxy) is 1. The van der Waals surface area contributed by atoms with Crippen molar-refractivity contribution in [1.29, 1.82) is 0 Å². The van der Waals surface area contributed by atoms with Gasteiger partial charge in [-0.3, -0.25) is 4.79 Å². The van der Waals surface area contributed by atoms with Crippen molar-refractivity contribution in [2.24, 2.45) is 0 Å². The molecule has 0 heterocycles. The van der Waals surface area contributed by atoms with Gasteiger partial charge in [0.25, 0.3) is 0 Å². The van der Waals surface area contributed by atoms with Crippen LogP contribution < -0.4 is 0 Å². The molecule has 0 aromatic heterocycles. The summed E-state index contributed by atoms with van der Waals surface area (Å²) in [5.41, 5.74) is 3.20. The van der Waals surface area contributed by atoms with Gasteiger partial charge < -0.3 is 4.74 Å². The third-order valence-electron chi connectivity index (χ3n) is 3.45. The molecule has 2 rings (SSSR count). The quantitative estimate of drug-likeness (QED) is 0.614. The van der Waals surface area contributed by atoms with Gasteiger partial charge in [0.15, 0.2) is 5.78 Å². The van der Waals surface area contributed by atoms with Gasteiger partial charge in [-0.05, 0) is 30.2 Å². The minimum atomic E-state index is -0.404. The van der Waals surface area contributed by atoms with Gasteiger partial charge in [-0.25, -0.2) is 4.79 Å². The molecule has 0 amide bonds. The predicted octanol–water partition coefficient (Wildman–Crippen LogP) is 4.15. The molecule has 0 bridgehead atoms. The largest absolute Gasteiger partial charge is 0.465 e. The van der Waals surface area contributed by atoms with E-state index in [-0.39, 0.29) is 5.78 Å². The minimum absolute atomic E-state index is 0.0201. The van der Waals surface area contributed by atoms with E-state index in [4.69, 9.17) is 0 Å². The van der Waals surface area contributed by atoms with Crippen molar-refractivity contribution in [2.45, 2.75) is 13.3 Å². The van der Waals surface area contributed by atoms with Crippen LogP contribution in [-0.2, 0) is 4.74 Å². The first-order valence-corrected chi connectivity index (χ1v) is 7.05. The fraction of sp³-hybridized carbons (Fsp3) is 0.158. The molecule has 0 fully saturated rings. The maximum atomic E-state index is 12.2. The third kappa shape index (κ3) is 3.92. The standard InChI is InChI=1S/C19H18O3/c1-14(15-6-4-3-5-7-15)8-13-18(20)16-9-11-17(12-10-16)19(21)22-2/h3-12H,13H2,1-2H3. The molecule has 3 heteroatoms. The summed E-state index contributed by atoms with van der Waals surface area (Å²) in [5.74, 6) is -0.384. The fourth-order valence-electron chi connectivity index (χ4n) is 2.09. The molecule has 0 radical (unpaired) electrons. The monoisotopic (exact) mass is 294 g/mol. The summed E-state index contributed by atoms with van der Waals surface area (Å²) in [5, 5.41) is 0. The highest BCUT2D eigenvalue weighted by molar-refractivity contribution is 5.98. The number of benzene rings is 2. The molecule has 0 N–H and O–H groups in total. The molecule has 3 nitrogen and oxygen atoms in total.